The first-order chi connectivity index (χ1) is 8.50. The monoisotopic (exact) mass is 335 g/mol. The van der Waals surface area contributed by atoms with Gasteiger partial charge in [-0.25, -0.2) is 4.39 Å². The maximum atomic E-state index is 13.8. The van der Waals surface area contributed by atoms with Crippen molar-refractivity contribution in [2.75, 3.05) is 6.61 Å². The minimum absolute atomic E-state index is 0. The molecule has 0 saturated carbocycles. The maximum absolute atomic E-state index is 13.8. The molecule has 0 fully saturated rings. The molecule has 1 rings (SSSR count). The summed E-state index contributed by atoms with van der Waals surface area (Å²) in [4.78, 5) is 0. The molecule has 3 N–H and O–H groups in total. The van der Waals surface area contributed by atoms with Gasteiger partial charge in [0.2, 0.25) is 0 Å². The molecule has 0 aliphatic carbocycles. The number of alkyl halides is 3. The highest BCUT2D eigenvalue weighted by Gasteiger charge is 2.35. The highest BCUT2D eigenvalue weighted by Crippen LogP contribution is 2.38. The molecule has 0 radical (unpaired) electrons. The number of aliphatic hydroxyl groups is 1. The fourth-order valence-electron chi connectivity index (χ4n) is 1.52. The Hall–Kier alpha value is -0.560. The Labute approximate surface area is 125 Å². The Morgan fingerprint density at radius 3 is 2.20 bits per heavy atom. The van der Waals surface area contributed by atoms with Gasteiger partial charge in [0.05, 0.1) is 10.6 Å². The molecular formula is C12H15Cl2F4NO. The second kappa shape index (κ2) is 6.47. The number of halogens is 6. The molecule has 2 nitrogen and oxygen atoms in total. The molecule has 8 heteroatoms. The lowest BCUT2D eigenvalue weighted by molar-refractivity contribution is -0.137. The summed E-state index contributed by atoms with van der Waals surface area (Å²) in [5, 5.41) is 8.51. The van der Waals surface area contributed by atoms with E-state index in [-0.39, 0.29) is 18.0 Å². The third kappa shape index (κ3) is 3.97. The van der Waals surface area contributed by atoms with Crippen LogP contribution in [0.5, 0.6) is 0 Å². The van der Waals surface area contributed by atoms with Gasteiger partial charge in [0.25, 0.3) is 0 Å². The maximum Gasteiger partial charge on any atom is 0.416 e. The van der Waals surface area contributed by atoms with Crippen LogP contribution in [0, 0.1) is 11.2 Å². The van der Waals surface area contributed by atoms with E-state index in [0.717, 1.165) is 0 Å². The van der Waals surface area contributed by atoms with Crippen LogP contribution in [-0.2, 0) is 6.18 Å². The zero-order valence-electron chi connectivity index (χ0n) is 10.8. The van der Waals surface area contributed by atoms with Crippen molar-refractivity contribution in [1.82, 2.24) is 0 Å². The Bertz CT molecular complexity index is 477. The molecule has 0 aliphatic heterocycles. The van der Waals surface area contributed by atoms with Crippen molar-refractivity contribution in [2.24, 2.45) is 11.1 Å². The lowest BCUT2D eigenvalue weighted by Gasteiger charge is -2.30. The van der Waals surface area contributed by atoms with Gasteiger partial charge in [-0.15, -0.1) is 12.4 Å². The Morgan fingerprint density at radius 2 is 1.80 bits per heavy atom. The highest BCUT2D eigenvalue weighted by molar-refractivity contribution is 6.30. The summed E-state index contributed by atoms with van der Waals surface area (Å²) >= 11 is 5.47. The van der Waals surface area contributed by atoms with E-state index in [1.165, 1.54) is 13.8 Å². The Morgan fingerprint density at radius 1 is 1.30 bits per heavy atom. The first kappa shape index (κ1) is 19.4. The van der Waals surface area contributed by atoms with Crippen molar-refractivity contribution in [3.8, 4) is 0 Å². The van der Waals surface area contributed by atoms with Crippen molar-refractivity contribution < 1.29 is 22.7 Å². The van der Waals surface area contributed by atoms with E-state index in [1.54, 1.807) is 0 Å². The quantitative estimate of drug-likeness (QED) is 0.822. The van der Waals surface area contributed by atoms with Crippen molar-refractivity contribution >= 4 is 24.0 Å². The first-order valence-corrected chi connectivity index (χ1v) is 5.81. The zero-order chi connectivity index (χ0) is 15.0. The first-order valence-electron chi connectivity index (χ1n) is 5.43. The SMILES string of the molecule is CC(C)(CO)[C@H](N)c1cc(C(F)(F)F)cc(Cl)c1F.Cl. The number of benzene rings is 1. The molecular weight excluding hydrogens is 321 g/mol. The molecule has 1 aromatic carbocycles. The summed E-state index contributed by atoms with van der Waals surface area (Å²) in [5.41, 5.74) is 3.33. The fourth-order valence-corrected chi connectivity index (χ4v) is 1.75. The van der Waals surface area contributed by atoms with Gasteiger partial charge in [-0.2, -0.15) is 13.2 Å². The van der Waals surface area contributed by atoms with Gasteiger partial charge in [-0.05, 0) is 12.1 Å². The number of nitrogens with two attached hydrogens (primary N) is 1. The highest BCUT2D eigenvalue weighted by atomic mass is 35.5. The van der Waals surface area contributed by atoms with Crippen LogP contribution in [-0.4, -0.2) is 11.7 Å². The van der Waals surface area contributed by atoms with Gasteiger partial charge in [0, 0.05) is 23.6 Å². The molecule has 1 aromatic rings. The van der Waals surface area contributed by atoms with Gasteiger partial charge in [-0.1, -0.05) is 25.4 Å². The van der Waals surface area contributed by atoms with Crippen LogP contribution in [0.2, 0.25) is 5.02 Å². The summed E-state index contributed by atoms with van der Waals surface area (Å²) in [6.07, 6.45) is -4.64. The average molecular weight is 336 g/mol. The summed E-state index contributed by atoms with van der Waals surface area (Å²) in [6, 6.07) is 0.0276. The van der Waals surface area contributed by atoms with Crippen LogP contribution in [0.15, 0.2) is 12.1 Å². The second-order valence-corrected chi connectivity index (χ2v) is 5.39. The van der Waals surface area contributed by atoms with Crippen LogP contribution < -0.4 is 5.73 Å². The number of aliphatic hydroxyl groups excluding tert-OH is 1. The molecule has 0 spiro atoms. The molecule has 20 heavy (non-hydrogen) atoms. The van der Waals surface area contributed by atoms with E-state index in [1.807, 2.05) is 0 Å². The minimum Gasteiger partial charge on any atom is -0.396 e. The van der Waals surface area contributed by atoms with Gasteiger partial charge in [-0.3, -0.25) is 0 Å². The summed E-state index contributed by atoms with van der Waals surface area (Å²) in [5.74, 6) is -0.997. The smallest absolute Gasteiger partial charge is 0.396 e. The molecule has 0 bridgehead atoms. The van der Waals surface area contributed by atoms with Gasteiger partial charge in [0.15, 0.2) is 0 Å². The predicted molar refractivity (Wildman–Crippen MR) is 71.5 cm³/mol. The number of hydrogen-bond acceptors (Lipinski definition) is 2. The summed E-state index contributed by atoms with van der Waals surface area (Å²) < 4.78 is 51.8. The van der Waals surface area contributed by atoms with Gasteiger partial charge < -0.3 is 10.8 Å². The van der Waals surface area contributed by atoms with Gasteiger partial charge in [0.1, 0.15) is 5.82 Å². The molecule has 116 valence electrons. The molecule has 0 aromatic heterocycles. The summed E-state index contributed by atoms with van der Waals surface area (Å²) in [7, 11) is 0. The minimum atomic E-state index is -4.64. The Balaban J connectivity index is 0.00000361. The average Bonchev–Trinajstić information content (AvgIpc) is 2.30. The lowest BCUT2D eigenvalue weighted by Crippen LogP contribution is -2.33. The molecule has 0 aliphatic rings. The predicted octanol–water partition coefficient (Wildman–Crippen LogP) is 3.94. The number of rotatable bonds is 3. The van der Waals surface area contributed by atoms with Crippen LogP contribution >= 0.6 is 24.0 Å². The summed E-state index contributed by atoms with van der Waals surface area (Å²) in [6.45, 7) is 2.64. The second-order valence-electron chi connectivity index (χ2n) is 4.98. The van der Waals surface area contributed by atoms with E-state index in [9.17, 15) is 17.6 Å². The van der Waals surface area contributed by atoms with Crippen molar-refractivity contribution in [3.63, 3.8) is 0 Å². The number of hydrogen-bond donors (Lipinski definition) is 2. The molecule has 0 heterocycles. The third-order valence-electron chi connectivity index (χ3n) is 2.97. The van der Waals surface area contributed by atoms with Crippen molar-refractivity contribution in [3.05, 3.63) is 34.1 Å². The van der Waals surface area contributed by atoms with Gasteiger partial charge >= 0.3 is 6.18 Å². The fraction of sp³-hybridized carbons (Fsp3) is 0.500. The topological polar surface area (TPSA) is 46.2 Å². The van der Waals surface area contributed by atoms with E-state index >= 15 is 0 Å². The van der Waals surface area contributed by atoms with E-state index in [4.69, 9.17) is 22.4 Å². The van der Waals surface area contributed by atoms with E-state index < -0.39 is 40.6 Å². The molecule has 0 unspecified atom stereocenters. The van der Waals surface area contributed by atoms with E-state index in [0.29, 0.717) is 12.1 Å². The van der Waals surface area contributed by atoms with E-state index in [2.05, 4.69) is 0 Å². The Kier molecular flexibility index (Phi) is 6.29. The van der Waals surface area contributed by atoms with Crippen LogP contribution in [0.25, 0.3) is 0 Å². The van der Waals surface area contributed by atoms with Crippen LogP contribution in [0.3, 0.4) is 0 Å². The van der Waals surface area contributed by atoms with Crippen LogP contribution in [0.4, 0.5) is 17.6 Å². The standard InChI is InChI=1S/C12H14ClF4NO.ClH/c1-11(2,5-19)10(18)7-3-6(12(15,16)17)4-8(13)9(7)14;/h3-4,10,19H,5,18H2,1-2H3;1H/t10-;/m1./s1. The molecule has 0 saturated heterocycles. The normalized spacial score (nSPS) is 13.8. The van der Waals surface area contributed by atoms with Crippen molar-refractivity contribution in [1.29, 1.82) is 0 Å². The lowest BCUT2D eigenvalue weighted by atomic mass is 9.81. The third-order valence-corrected chi connectivity index (χ3v) is 3.24. The zero-order valence-corrected chi connectivity index (χ0v) is 12.3. The molecule has 0 amide bonds. The van der Waals surface area contributed by atoms with Crippen molar-refractivity contribution in [2.45, 2.75) is 26.1 Å². The van der Waals surface area contributed by atoms with Crippen LogP contribution in [0.1, 0.15) is 31.0 Å². The largest absolute Gasteiger partial charge is 0.416 e. The molecule has 1 atom stereocenters.